The van der Waals surface area contributed by atoms with E-state index >= 15 is 0 Å². The number of primary amides is 1. The third-order valence-corrected chi connectivity index (χ3v) is 3.18. The summed E-state index contributed by atoms with van der Waals surface area (Å²) in [6, 6.07) is 9.07. The minimum absolute atomic E-state index is 0.352. The van der Waals surface area contributed by atoms with Crippen LogP contribution in [0.5, 0.6) is 0 Å². The van der Waals surface area contributed by atoms with E-state index in [1.807, 2.05) is 35.2 Å². The number of amides is 1. The third-order valence-electron chi connectivity index (χ3n) is 3.18. The molecule has 17 heavy (non-hydrogen) atoms. The van der Waals surface area contributed by atoms with Crippen molar-refractivity contribution in [3.05, 3.63) is 35.9 Å². The molecule has 0 saturated carbocycles. The fourth-order valence-corrected chi connectivity index (χ4v) is 2.41. The second-order valence-electron chi connectivity index (χ2n) is 4.51. The Morgan fingerprint density at radius 1 is 1.41 bits per heavy atom. The summed E-state index contributed by atoms with van der Waals surface area (Å²) in [6.07, 6.45) is 1.35. The molecule has 1 aliphatic heterocycles. The number of carbonyl (C=O) groups is 1. The molecule has 3 N–H and O–H groups in total. The van der Waals surface area contributed by atoms with Crippen LogP contribution in [0, 0.1) is 0 Å². The van der Waals surface area contributed by atoms with Crippen LogP contribution < -0.4 is 5.73 Å². The number of rotatable bonds is 3. The predicted octanol–water partition coefficient (Wildman–Crippen LogP) is 0.670. The van der Waals surface area contributed by atoms with E-state index in [2.05, 4.69) is 0 Å². The second kappa shape index (κ2) is 5.29. The van der Waals surface area contributed by atoms with Gasteiger partial charge in [-0.1, -0.05) is 30.3 Å². The number of likely N-dealkylation sites (tertiary alicyclic amines) is 1. The second-order valence-corrected chi connectivity index (χ2v) is 4.51. The zero-order valence-corrected chi connectivity index (χ0v) is 9.75. The van der Waals surface area contributed by atoms with E-state index in [-0.39, 0.29) is 12.0 Å². The highest BCUT2D eigenvalue weighted by Gasteiger charge is 2.29. The van der Waals surface area contributed by atoms with Crippen molar-refractivity contribution < 1.29 is 9.90 Å². The molecule has 1 aromatic carbocycles. The Morgan fingerprint density at radius 2 is 2.12 bits per heavy atom. The van der Waals surface area contributed by atoms with Gasteiger partial charge in [-0.05, 0) is 24.9 Å². The van der Waals surface area contributed by atoms with Crippen molar-refractivity contribution in [2.24, 2.45) is 5.73 Å². The number of aliphatic hydroxyl groups excluding tert-OH is 1. The summed E-state index contributed by atoms with van der Waals surface area (Å²) in [5, 5.41) is 9.66. The molecule has 0 spiro atoms. The average Bonchev–Trinajstić information content (AvgIpc) is 2.30. The van der Waals surface area contributed by atoms with Gasteiger partial charge in [-0.25, -0.2) is 0 Å². The van der Waals surface area contributed by atoms with E-state index < -0.39 is 6.04 Å². The maximum Gasteiger partial charge on any atom is 0.239 e. The Hall–Kier alpha value is -1.39. The van der Waals surface area contributed by atoms with Gasteiger partial charge < -0.3 is 10.8 Å². The lowest BCUT2D eigenvalue weighted by atomic mass is 10.0. The number of nitrogens with two attached hydrogens (primary N) is 1. The van der Waals surface area contributed by atoms with Crippen LogP contribution in [-0.2, 0) is 4.79 Å². The van der Waals surface area contributed by atoms with Crippen LogP contribution >= 0.6 is 0 Å². The molecule has 0 aromatic heterocycles. The lowest BCUT2D eigenvalue weighted by molar-refractivity contribution is -0.124. The Morgan fingerprint density at radius 3 is 2.71 bits per heavy atom. The molecule has 1 heterocycles. The minimum atomic E-state index is -0.425. The summed E-state index contributed by atoms with van der Waals surface area (Å²) in [5.74, 6) is -0.356. The monoisotopic (exact) mass is 234 g/mol. The van der Waals surface area contributed by atoms with Crippen LogP contribution in [-0.4, -0.2) is 35.1 Å². The first kappa shape index (κ1) is 12.1. The van der Waals surface area contributed by atoms with Crippen molar-refractivity contribution in [2.45, 2.75) is 25.0 Å². The maximum atomic E-state index is 11.6. The SMILES string of the molecule is NC(=O)[C@H](c1ccccc1)N1CCC[C@H](O)C1. The van der Waals surface area contributed by atoms with Gasteiger partial charge in [0.15, 0.2) is 0 Å². The number of nitrogens with zero attached hydrogens (tertiary/aromatic N) is 1. The first-order valence-corrected chi connectivity index (χ1v) is 5.95. The predicted molar refractivity (Wildman–Crippen MR) is 65.2 cm³/mol. The molecule has 2 atom stereocenters. The van der Waals surface area contributed by atoms with Crippen LogP contribution in [0.2, 0.25) is 0 Å². The van der Waals surface area contributed by atoms with E-state index in [1.165, 1.54) is 0 Å². The Kier molecular flexibility index (Phi) is 3.76. The minimum Gasteiger partial charge on any atom is -0.392 e. The van der Waals surface area contributed by atoms with Crippen LogP contribution in [0.15, 0.2) is 30.3 Å². The van der Waals surface area contributed by atoms with Crippen molar-refractivity contribution in [3.63, 3.8) is 0 Å². The number of hydrogen-bond acceptors (Lipinski definition) is 3. The Bertz CT molecular complexity index is 380. The van der Waals surface area contributed by atoms with Gasteiger partial charge in [0.1, 0.15) is 6.04 Å². The standard InChI is InChI=1S/C13H18N2O2/c14-13(17)12(10-5-2-1-3-6-10)15-8-4-7-11(16)9-15/h1-3,5-6,11-12,16H,4,7-9H2,(H2,14,17)/t11-,12-/m0/s1. The molecular weight excluding hydrogens is 216 g/mol. The van der Waals surface area contributed by atoms with Gasteiger partial charge in [0.2, 0.25) is 5.91 Å². The lowest BCUT2D eigenvalue weighted by Gasteiger charge is -2.35. The summed E-state index contributed by atoms with van der Waals surface area (Å²) < 4.78 is 0. The summed E-state index contributed by atoms with van der Waals surface area (Å²) in [4.78, 5) is 13.6. The smallest absolute Gasteiger partial charge is 0.239 e. The fraction of sp³-hybridized carbons (Fsp3) is 0.462. The molecule has 0 radical (unpaired) electrons. The van der Waals surface area contributed by atoms with Gasteiger partial charge in [0.05, 0.1) is 6.10 Å². The molecule has 4 heteroatoms. The fourth-order valence-electron chi connectivity index (χ4n) is 2.41. The van der Waals surface area contributed by atoms with Crippen molar-refractivity contribution in [1.82, 2.24) is 4.90 Å². The van der Waals surface area contributed by atoms with E-state index in [4.69, 9.17) is 5.73 Å². The van der Waals surface area contributed by atoms with Crippen molar-refractivity contribution in [1.29, 1.82) is 0 Å². The lowest BCUT2D eigenvalue weighted by Crippen LogP contribution is -2.45. The van der Waals surface area contributed by atoms with E-state index in [1.54, 1.807) is 0 Å². The van der Waals surface area contributed by atoms with Gasteiger partial charge in [0.25, 0.3) is 0 Å². The number of carbonyl (C=O) groups excluding carboxylic acids is 1. The molecule has 0 unspecified atom stereocenters. The molecule has 1 aliphatic rings. The zero-order valence-electron chi connectivity index (χ0n) is 9.75. The van der Waals surface area contributed by atoms with Crippen LogP contribution in [0.1, 0.15) is 24.4 Å². The van der Waals surface area contributed by atoms with E-state index in [0.717, 1.165) is 24.9 Å². The number of hydrogen-bond donors (Lipinski definition) is 2. The molecule has 1 amide bonds. The maximum absolute atomic E-state index is 11.6. The summed E-state index contributed by atoms with van der Waals surface area (Å²) >= 11 is 0. The number of aliphatic hydroxyl groups is 1. The van der Waals surface area contributed by atoms with Gasteiger partial charge >= 0.3 is 0 Å². The molecule has 2 rings (SSSR count). The first-order valence-electron chi connectivity index (χ1n) is 5.95. The quantitative estimate of drug-likeness (QED) is 0.807. The molecule has 1 saturated heterocycles. The first-order chi connectivity index (χ1) is 8.18. The Labute approximate surface area is 101 Å². The largest absolute Gasteiger partial charge is 0.392 e. The van der Waals surface area contributed by atoms with Crippen molar-refractivity contribution >= 4 is 5.91 Å². The summed E-state index contributed by atoms with van der Waals surface area (Å²) in [7, 11) is 0. The molecule has 4 nitrogen and oxygen atoms in total. The normalized spacial score (nSPS) is 23.2. The third kappa shape index (κ3) is 2.84. The topological polar surface area (TPSA) is 66.6 Å². The molecule has 1 fully saturated rings. The highest BCUT2D eigenvalue weighted by molar-refractivity contribution is 5.81. The average molecular weight is 234 g/mol. The summed E-state index contributed by atoms with van der Waals surface area (Å²) in [5.41, 5.74) is 6.38. The van der Waals surface area contributed by atoms with Crippen LogP contribution in [0.3, 0.4) is 0 Å². The van der Waals surface area contributed by atoms with Crippen molar-refractivity contribution in [2.75, 3.05) is 13.1 Å². The van der Waals surface area contributed by atoms with Gasteiger partial charge in [-0.2, -0.15) is 0 Å². The van der Waals surface area contributed by atoms with E-state index in [9.17, 15) is 9.90 Å². The molecule has 0 aliphatic carbocycles. The van der Waals surface area contributed by atoms with Crippen molar-refractivity contribution in [3.8, 4) is 0 Å². The summed E-state index contributed by atoms with van der Waals surface area (Å²) in [6.45, 7) is 1.32. The number of β-amino-alcohol motifs (C(OH)–C–C–N with tert-alkyl or cyclic N) is 1. The highest BCUT2D eigenvalue weighted by atomic mass is 16.3. The highest BCUT2D eigenvalue weighted by Crippen LogP contribution is 2.24. The van der Waals surface area contributed by atoms with Gasteiger partial charge in [-0.3, -0.25) is 9.69 Å². The number of benzene rings is 1. The van der Waals surface area contributed by atoms with Gasteiger partial charge in [-0.15, -0.1) is 0 Å². The zero-order chi connectivity index (χ0) is 12.3. The van der Waals surface area contributed by atoms with E-state index in [0.29, 0.717) is 6.54 Å². The van der Waals surface area contributed by atoms with Crippen LogP contribution in [0.4, 0.5) is 0 Å². The number of piperidine rings is 1. The Balaban J connectivity index is 2.20. The molecule has 92 valence electrons. The van der Waals surface area contributed by atoms with Gasteiger partial charge in [0, 0.05) is 6.54 Å². The van der Waals surface area contributed by atoms with Crippen LogP contribution in [0.25, 0.3) is 0 Å². The molecular formula is C13H18N2O2. The molecule has 0 bridgehead atoms. The molecule has 1 aromatic rings.